The number of nitrogens with zero attached hydrogens (tertiary/aromatic N) is 1. The number of nitrogens with one attached hydrogen (secondary N) is 1. The summed E-state index contributed by atoms with van der Waals surface area (Å²) in [5.41, 5.74) is 2.93. The average Bonchev–Trinajstić information content (AvgIpc) is 2.87. The van der Waals surface area contributed by atoms with Crippen molar-refractivity contribution in [1.29, 1.82) is 0 Å². The summed E-state index contributed by atoms with van der Waals surface area (Å²) in [5.74, 6) is -0.179. The van der Waals surface area contributed by atoms with Crippen LogP contribution in [0.25, 0.3) is 0 Å². The molecule has 1 aliphatic rings. The van der Waals surface area contributed by atoms with Gasteiger partial charge in [-0.3, -0.25) is 0 Å². The summed E-state index contributed by atoms with van der Waals surface area (Å²) in [4.78, 5) is 2.52. The Morgan fingerprint density at radius 1 is 0.853 bits per heavy atom. The Labute approximate surface area is 204 Å². The Morgan fingerprint density at radius 2 is 1.41 bits per heavy atom. The molecule has 34 heavy (non-hydrogen) atoms. The molecule has 3 aromatic rings. The minimum absolute atomic E-state index is 0.329. The molecule has 1 fully saturated rings. The normalized spacial score (nSPS) is 16.1. The molecule has 0 aromatic heterocycles. The molecule has 180 valence electrons. The molecule has 4 rings (SSSR count). The predicted octanol–water partition coefficient (Wildman–Crippen LogP) is 5.10. The van der Waals surface area contributed by atoms with Crippen molar-refractivity contribution in [3.63, 3.8) is 0 Å². The van der Waals surface area contributed by atoms with Crippen molar-refractivity contribution in [2.24, 2.45) is 0 Å². The van der Waals surface area contributed by atoms with Crippen LogP contribution in [0.5, 0.6) is 0 Å². The van der Waals surface area contributed by atoms with Crippen molar-refractivity contribution in [2.45, 2.75) is 30.6 Å². The summed E-state index contributed by atoms with van der Waals surface area (Å²) in [6.45, 7) is 3.88. The molecule has 1 saturated heterocycles. The van der Waals surface area contributed by atoms with E-state index in [1.165, 1.54) is 29.8 Å². The lowest BCUT2D eigenvalue weighted by Gasteiger charge is -2.32. The number of piperidine rings is 1. The smallest absolute Gasteiger partial charge is 0.165 e. The van der Waals surface area contributed by atoms with Crippen molar-refractivity contribution in [2.75, 3.05) is 31.9 Å². The summed E-state index contributed by atoms with van der Waals surface area (Å²) in [5, 5.41) is 3.17. The van der Waals surface area contributed by atoms with Gasteiger partial charge in [-0.1, -0.05) is 54.6 Å². The van der Waals surface area contributed by atoms with Crippen LogP contribution in [0.15, 0.2) is 78.9 Å². The van der Waals surface area contributed by atoms with E-state index in [4.69, 9.17) is 0 Å². The topological polar surface area (TPSA) is 38.3 Å². The van der Waals surface area contributed by atoms with Crippen LogP contribution in [-0.2, 0) is 17.6 Å². The minimum Gasteiger partial charge on any atom is -0.616 e. The minimum atomic E-state index is -1.23. The standard InChI is InChI=1S/C28H32F2N2OS/c29-25-10-6-23(7-11-25)28(24-8-12-26(30)13-9-24)34(33)21-17-31-27-15-19-32(20-16-27)18-14-22-4-2-1-3-5-22/h1-13,27-28,31H,14-21H2. The molecule has 1 heterocycles. The highest BCUT2D eigenvalue weighted by Crippen LogP contribution is 2.31. The molecule has 0 bridgehead atoms. The lowest BCUT2D eigenvalue weighted by atomic mass is 10.0. The lowest BCUT2D eigenvalue weighted by Crippen LogP contribution is -2.44. The first-order valence-electron chi connectivity index (χ1n) is 12.0. The van der Waals surface area contributed by atoms with Crippen LogP contribution in [0.3, 0.4) is 0 Å². The van der Waals surface area contributed by atoms with Crippen molar-refractivity contribution in [1.82, 2.24) is 10.2 Å². The molecular weight excluding hydrogens is 450 g/mol. The zero-order chi connectivity index (χ0) is 23.8. The van der Waals surface area contributed by atoms with Crippen molar-refractivity contribution >= 4 is 11.2 Å². The predicted molar refractivity (Wildman–Crippen MR) is 135 cm³/mol. The van der Waals surface area contributed by atoms with E-state index < -0.39 is 16.4 Å². The van der Waals surface area contributed by atoms with Gasteiger partial charge in [0.05, 0.1) is 0 Å². The third-order valence-corrected chi connectivity index (χ3v) is 8.17. The lowest BCUT2D eigenvalue weighted by molar-refractivity contribution is 0.201. The van der Waals surface area contributed by atoms with Gasteiger partial charge in [-0.25, -0.2) is 8.78 Å². The fourth-order valence-corrected chi connectivity index (χ4v) is 6.02. The van der Waals surface area contributed by atoms with Crippen LogP contribution in [0.1, 0.15) is 34.8 Å². The average molecular weight is 483 g/mol. The molecule has 0 saturated carbocycles. The van der Waals surface area contributed by atoms with E-state index in [0.29, 0.717) is 18.3 Å². The molecule has 3 nitrogen and oxygen atoms in total. The zero-order valence-corrected chi connectivity index (χ0v) is 20.2. The third-order valence-electron chi connectivity index (χ3n) is 6.49. The fraction of sp³-hybridized carbons (Fsp3) is 0.357. The van der Waals surface area contributed by atoms with Gasteiger partial charge in [-0.15, -0.1) is 0 Å². The molecule has 0 aliphatic carbocycles. The number of benzene rings is 3. The van der Waals surface area contributed by atoms with Crippen molar-refractivity contribution < 1.29 is 13.3 Å². The Hall–Kier alpha value is -2.25. The highest BCUT2D eigenvalue weighted by molar-refractivity contribution is 7.91. The molecule has 0 radical (unpaired) electrons. The van der Waals surface area contributed by atoms with Crippen molar-refractivity contribution in [3.8, 4) is 0 Å². The molecule has 0 amide bonds. The van der Waals surface area contributed by atoms with Crippen LogP contribution >= 0.6 is 0 Å². The third kappa shape index (κ3) is 7.12. The van der Waals surface area contributed by atoms with Crippen LogP contribution in [0.2, 0.25) is 0 Å². The van der Waals surface area contributed by atoms with Crippen LogP contribution in [0.4, 0.5) is 8.78 Å². The van der Waals surface area contributed by atoms with Gasteiger partial charge in [-0.2, -0.15) is 0 Å². The Kier molecular flexibility index (Phi) is 9.11. The number of hydrogen-bond donors (Lipinski definition) is 1. The largest absolute Gasteiger partial charge is 0.616 e. The Morgan fingerprint density at radius 3 is 1.97 bits per heavy atom. The van der Waals surface area contributed by atoms with E-state index in [1.54, 1.807) is 24.3 Å². The molecule has 1 N–H and O–H groups in total. The Bertz CT molecular complexity index is 948. The van der Waals surface area contributed by atoms with E-state index in [0.717, 1.165) is 50.0 Å². The van der Waals surface area contributed by atoms with E-state index in [1.807, 2.05) is 0 Å². The monoisotopic (exact) mass is 482 g/mol. The second-order valence-electron chi connectivity index (χ2n) is 8.87. The second kappa shape index (κ2) is 12.5. The van der Waals surface area contributed by atoms with Crippen LogP contribution < -0.4 is 5.32 Å². The fourth-order valence-electron chi connectivity index (χ4n) is 4.55. The molecule has 1 unspecified atom stereocenters. The molecule has 1 atom stereocenters. The van der Waals surface area contributed by atoms with E-state index in [9.17, 15) is 13.3 Å². The first-order chi connectivity index (χ1) is 16.6. The van der Waals surface area contributed by atoms with Gasteiger partial charge in [0.25, 0.3) is 0 Å². The second-order valence-corrected chi connectivity index (χ2v) is 10.5. The number of likely N-dealkylation sites (tertiary alicyclic amines) is 1. The van der Waals surface area contributed by atoms with Gasteiger partial charge >= 0.3 is 0 Å². The highest BCUT2D eigenvalue weighted by Gasteiger charge is 2.27. The van der Waals surface area contributed by atoms with Gasteiger partial charge in [-0.05, 0) is 73.4 Å². The van der Waals surface area contributed by atoms with Gasteiger partial charge in [0.1, 0.15) is 17.4 Å². The van der Waals surface area contributed by atoms with Crippen LogP contribution in [-0.4, -0.2) is 47.4 Å². The number of halogens is 2. The van der Waals surface area contributed by atoms with E-state index >= 15 is 0 Å². The molecule has 3 aromatic carbocycles. The first kappa shape index (κ1) is 24.9. The van der Waals surface area contributed by atoms with E-state index in [2.05, 4.69) is 40.5 Å². The molecule has 0 spiro atoms. The van der Waals surface area contributed by atoms with Gasteiger partial charge in [0, 0.05) is 30.3 Å². The van der Waals surface area contributed by atoms with Gasteiger partial charge in [0.2, 0.25) is 0 Å². The first-order valence-corrected chi connectivity index (χ1v) is 13.3. The van der Waals surface area contributed by atoms with E-state index in [-0.39, 0.29) is 11.6 Å². The molecule has 1 aliphatic heterocycles. The summed E-state index contributed by atoms with van der Waals surface area (Å²) in [7, 11) is 0. The maximum Gasteiger partial charge on any atom is 0.165 e. The summed E-state index contributed by atoms with van der Waals surface area (Å²) in [6, 6.07) is 23.2. The summed E-state index contributed by atoms with van der Waals surface area (Å²) < 4.78 is 40.2. The Balaban J connectivity index is 1.26. The van der Waals surface area contributed by atoms with Gasteiger partial charge in [0.15, 0.2) is 5.25 Å². The zero-order valence-electron chi connectivity index (χ0n) is 19.3. The van der Waals surface area contributed by atoms with Crippen molar-refractivity contribution in [3.05, 3.63) is 107 Å². The van der Waals surface area contributed by atoms with Crippen LogP contribution in [0, 0.1) is 11.6 Å². The van der Waals surface area contributed by atoms with Gasteiger partial charge < -0.3 is 14.8 Å². The highest BCUT2D eigenvalue weighted by atomic mass is 32.2. The molecule has 6 heteroatoms. The quantitative estimate of drug-likeness (QED) is 0.409. The summed E-state index contributed by atoms with van der Waals surface area (Å²) >= 11 is -1.23. The number of hydrogen-bond acceptors (Lipinski definition) is 3. The maximum atomic E-state index is 13.4. The summed E-state index contributed by atoms with van der Waals surface area (Å²) in [6.07, 6.45) is 3.24. The SMILES string of the molecule is [O-][S+](CCNC1CCN(CCc2ccccc2)CC1)C(c1ccc(F)cc1)c1ccc(F)cc1. The molecular formula is C28H32F2N2OS. The number of rotatable bonds is 10. The maximum absolute atomic E-state index is 13.4.